The smallest absolute Gasteiger partial charge is 0.268 e. The van der Waals surface area contributed by atoms with Gasteiger partial charge in [0.05, 0.1) is 39.9 Å². The Balaban J connectivity index is 4.08. The van der Waals surface area contributed by atoms with Crippen LogP contribution in [0.2, 0.25) is 0 Å². The van der Waals surface area contributed by atoms with Crippen molar-refractivity contribution in [3.63, 3.8) is 0 Å². The standard InChI is InChI=1S/C65H115N2O6P/c1-6-8-10-12-14-16-18-20-22-23-24-25-26-27-28-29-30-31-32-33-34-35-36-37-38-39-40-41-42-43-45-47-49-51-53-55-57-59-65(69)66-63(62-73-74(70,71)72-61-60-67(3,4)5)64(68)58-56-54-52-50-48-46-44-21-19-17-15-13-11-9-7-2/h8,10,14,16,20,22,24-25,27-28,30-31,33-34,48,50,56,58,63-64,68H,6-7,9,11-13,15,17-19,21,23,26,29,32,35-47,49,51-55,57,59-62H2,1-5H3,(H-,66,69,70,71)/b10-8-,16-14-,22-20-,25-24-,28-27-,31-30-,34-33-,50-48+,58-56+. The Labute approximate surface area is 457 Å². The minimum Gasteiger partial charge on any atom is -0.756 e. The van der Waals surface area contributed by atoms with Gasteiger partial charge in [0.1, 0.15) is 13.2 Å². The molecule has 0 aromatic rings. The molecule has 3 unspecified atom stereocenters. The zero-order chi connectivity index (χ0) is 54.2. The van der Waals surface area contributed by atoms with Crippen molar-refractivity contribution < 1.29 is 32.9 Å². The highest BCUT2D eigenvalue weighted by Gasteiger charge is 2.23. The van der Waals surface area contributed by atoms with Crippen LogP contribution in [-0.2, 0) is 18.4 Å². The Morgan fingerprint density at radius 3 is 1.26 bits per heavy atom. The normalized spacial score (nSPS) is 14.6. The molecule has 0 heterocycles. The Kier molecular flexibility index (Phi) is 52.8. The fraction of sp³-hybridized carbons (Fsp3) is 0.708. The lowest BCUT2D eigenvalue weighted by molar-refractivity contribution is -0.870. The highest BCUT2D eigenvalue weighted by molar-refractivity contribution is 7.45. The molecule has 0 radical (unpaired) electrons. The van der Waals surface area contributed by atoms with Crippen LogP contribution in [0.15, 0.2) is 109 Å². The van der Waals surface area contributed by atoms with Crippen molar-refractivity contribution in [3.8, 4) is 0 Å². The zero-order valence-electron chi connectivity index (χ0n) is 48.5. The van der Waals surface area contributed by atoms with Crippen LogP contribution in [0.5, 0.6) is 0 Å². The van der Waals surface area contributed by atoms with E-state index in [1.807, 2.05) is 27.2 Å². The summed E-state index contributed by atoms with van der Waals surface area (Å²) in [5.41, 5.74) is 0. The summed E-state index contributed by atoms with van der Waals surface area (Å²) in [5.74, 6) is -0.210. The van der Waals surface area contributed by atoms with Gasteiger partial charge in [0.15, 0.2) is 0 Å². The number of aliphatic hydroxyl groups is 1. The number of hydrogen-bond donors (Lipinski definition) is 2. The maximum Gasteiger partial charge on any atom is 0.268 e. The summed E-state index contributed by atoms with van der Waals surface area (Å²) in [6.07, 6.45) is 80.4. The average molecular weight is 1050 g/mol. The van der Waals surface area contributed by atoms with Crippen LogP contribution in [0.4, 0.5) is 0 Å². The Morgan fingerprint density at radius 1 is 0.486 bits per heavy atom. The van der Waals surface area contributed by atoms with E-state index in [4.69, 9.17) is 9.05 Å². The second kappa shape index (κ2) is 54.9. The van der Waals surface area contributed by atoms with Gasteiger partial charge in [0.2, 0.25) is 5.91 Å². The molecule has 8 nitrogen and oxygen atoms in total. The number of aliphatic hydroxyl groups excluding tert-OH is 1. The van der Waals surface area contributed by atoms with E-state index in [9.17, 15) is 19.4 Å². The number of amides is 1. The van der Waals surface area contributed by atoms with E-state index in [1.54, 1.807) is 6.08 Å². The monoisotopic (exact) mass is 1050 g/mol. The van der Waals surface area contributed by atoms with Crippen molar-refractivity contribution in [2.45, 2.75) is 257 Å². The Hall–Kier alpha value is -2.84. The number of carbonyl (C=O) groups excluding carboxylic acids is 1. The fourth-order valence-electron chi connectivity index (χ4n) is 8.27. The molecule has 0 aromatic carbocycles. The molecule has 0 aromatic heterocycles. The Morgan fingerprint density at radius 2 is 0.838 bits per heavy atom. The summed E-state index contributed by atoms with van der Waals surface area (Å²) in [5, 5.41) is 13.8. The molecule has 0 fully saturated rings. The van der Waals surface area contributed by atoms with Crippen LogP contribution in [0.3, 0.4) is 0 Å². The van der Waals surface area contributed by atoms with Gasteiger partial charge in [-0.05, 0) is 89.9 Å². The van der Waals surface area contributed by atoms with Crippen LogP contribution < -0.4 is 10.2 Å². The number of likely N-dealkylation sites (N-methyl/N-ethyl adjacent to an activating group) is 1. The number of rotatable bonds is 54. The molecule has 0 bridgehead atoms. The molecular weight excluding hydrogens is 936 g/mol. The van der Waals surface area contributed by atoms with E-state index in [-0.39, 0.29) is 12.5 Å². The van der Waals surface area contributed by atoms with E-state index in [2.05, 4.69) is 116 Å². The maximum absolute atomic E-state index is 13.0. The van der Waals surface area contributed by atoms with Gasteiger partial charge < -0.3 is 28.8 Å². The average Bonchev–Trinajstić information content (AvgIpc) is 3.36. The third kappa shape index (κ3) is 56.9. The van der Waals surface area contributed by atoms with Gasteiger partial charge in [-0.1, -0.05) is 258 Å². The molecule has 74 heavy (non-hydrogen) atoms. The van der Waals surface area contributed by atoms with Crippen molar-refractivity contribution in [3.05, 3.63) is 109 Å². The molecule has 0 saturated heterocycles. The number of carbonyl (C=O) groups is 1. The first-order valence-electron chi connectivity index (χ1n) is 30.2. The number of nitrogens with zero attached hydrogens (tertiary/aromatic N) is 1. The van der Waals surface area contributed by atoms with E-state index in [0.717, 1.165) is 83.5 Å². The zero-order valence-corrected chi connectivity index (χ0v) is 49.4. The lowest BCUT2D eigenvalue weighted by Crippen LogP contribution is -2.45. The number of quaternary nitrogens is 1. The fourth-order valence-corrected chi connectivity index (χ4v) is 8.99. The van der Waals surface area contributed by atoms with Crippen molar-refractivity contribution in [2.24, 2.45) is 0 Å². The van der Waals surface area contributed by atoms with Gasteiger partial charge >= 0.3 is 0 Å². The van der Waals surface area contributed by atoms with Gasteiger partial charge in [0.25, 0.3) is 7.82 Å². The number of hydrogen-bond acceptors (Lipinski definition) is 6. The summed E-state index contributed by atoms with van der Waals surface area (Å²) in [4.78, 5) is 25.5. The molecule has 0 aliphatic rings. The second-order valence-corrected chi connectivity index (χ2v) is 22.7. The predicted molar refractivity (Wildman–Crippen MR) is 320 cm³/mol. The number of nitrogens with one attached hydrogen (secondary N) is 1. The van der Waals surface area contributed by atoms with Crippen molar-refractivity contribution >= 4 is 13.7 Å². The number of phosphoric acid groups is 1. The summed E-state index contributed by atoms with van der Waals surface area (Å²) < 4.78 is 23.3. The molecule has 0 aliphatic carbocycles. The third-order valence-electron chi connectivity index (χ3n) is 13.0. The first kappa shape index (κ1) is 71.2. The Bertz CT molecular complexity index is 1570. The lowest BCUT2D eigenvalue weighted by atomic mass is 10.0. The topological polar surface area (TPSA) is 108 Å². The number of unbranched alkanes of at least 4 members (excludes halogenated alkanes) is 25. The molecule has 0 rings (SSSR count). The molecular formula is C65H115N2O6P. The largest absolute Gasteiger partial charge is 0.756 e. The van der Waals surface area contributed by atoms with Crippen molar-refractivity contribution in [1.82, 2.24) is 5.32 Å². The molecule has 9 heteroatoms. The van der Waals surface area contributed by atoms with E-state index in [0.29, 0.717) is 17.4 Å². The van der Waals surface area contributed by atoms with Crippen LogP contribution in [0, 0.1) is 0 Å². The molecule has 2 N–H and O–H groups in total. The van der Waals surface area contributed by atoms with Crippen LogP contribution in [0.25, 0.3) is 0 Å². The minimum atomic E-state index is -4.61. The SMILES string of the molecule is CC/C=C\C/C=C\C/C=C\C/C=C\C/C=C\C/C=C\C/C=C\CCCCCCCCCCCCCCCCCC(=O)NC(COP(=O)([O-])OCC[N+](C)(C)C)C(O)/C=C/CC/C=C/CCCCCCCCCCC. The minimum absolute atomic E-state index is 0.00987. The number of allylic oxidation sites excluding steroid dienone is 17. The van der Waals surface area contributed by atoms with Gasteiger partial charge in [0, 0.05) is 6.42 Å². The molecule has 426 valence electrons. The van der Waals surface area contributed by atoms with Gasteiger partial charge in [-0.3, -0.25) is 9.36 Å². The molecule has 0 saturated carbocycles. The molecule has 3 atom stereocenters. The number of phosphoric ester groups is 1. The molecule has 1 amide bonds. The highest BCUT2D eigenvalue weighted by Crippen LogP contribution is 2.38. The van der Waals surface area contributed by atoms with Crippen LogP contribution in [-0.4, -0.2) is 68.5 Å². The summed E-state index contributed by atoms with van der Waals surface area (Å²) >= 11 is 0. The van der Waals surface area contributed by atoms with Gasteiger partial charge in [-0.2, -0.15) is 0 Å². The van der Waals surface area contributed by atoms with Gasteiger partial charge in [-0.15, -0.1) is 0 Å². The summed E-state index contributed by atoms with van der Waals surface area (Å²) in [7, 11) is 1.24. The lowest BCUT2D eigenvalue weighted by Gasteiger charge is -2.29. The molecule has 0 aliphatic heterocycles. The summed E-state index contributed by atoms with van der Waals surface area (Å²) in [6, 6.07) is -0.908. The van der Waals surface area contributed by atoms with Gasteiger partial charge in [-0.25, -0.2) is 0 Å². The second-order valence-electron chi connectivity index (χ2n) is 21.3. The van der Waals surface area contributed by atoms with E-state index < -0.39 is 26.6 Å². The van der Waals surface area contributed by atoms with Crippen molar-refractivity contribution in [2.75, 3.05) is 40.9 Å². The predicted octanol–water partition coefficient (Wildman–Crippen LogP) is 18.1. The van der Waals surface area contributed by atoms with E-state index in [1.165, 1.54) is 141 Å². The molecule has 0 spiro atoms. The third-order valence-corrected chi connectivity index (χ3v) is 13.9. The quantitative estimate of drug-likeness (QED) is 0.0272. The van der Waals surface area contributed by atoms with Crippen molar-refractivity contribution in [1.29, 1.82) is 0 Å². The maximum atomic E-state index is 13.0. The highest BCUT2D eigenvalue weighted by atomic mass is 31.2. The summed E-state index contributed by atoms with van der Waals surface area (Å²) in [6.45, 7) is 4.51. The first-order chi connectivity index (χ1) is 36.0. The first-order valence-corrected chi connectivity index (χ1v) is 31.7. The van der Waals surface area contributed by atoms with Crippen LogP contribution in [0.1, 0.15) is 245 Å². The van der Waals surface area contributed by atoms with E-state index >= 15 is 0 Å². The van der Waals surface area contributed by atoms with Crippen LogP contribution >= 0.6 is 7.82 Å².